The Kier molecular flexibility index (Phi) is 3.16. The first-order valence-corrected chi connectivity index (χ1v) is 8.53. The minimum Gasteiger partial charge on any atom is -0.292 e. The van der Waals surface area contributed by atoms with Crippen molar-refractivity contribution in [3.63, 3.8) is 0 Å². The highest BCUT2D eigenvalue weighted by Crippen LogP contribution is 2.58. The summed E-state index contributed by atoms with van der Waals surface area (Å²) in [6.07, 6.45) is 15.8. The third-order valence-corrected chi connectivity index (χ3v) is 6.98. The predicted molar refractivity (Wildman–Crippen MR) is 79.5 cm³/mol. The van der Waals surface area contributed by atoms with Crippen molar-refractivity contribution in [2.75, 3.05) is 5.75 Å². The van der Waals surface area contributed by atoms with E-state index in [-0.39, 0.29) is 0 Å². The maximum atomic E-state index is 4.20. The first-order valence-electron chi connectivity index (χ1n) is 6.64. The maximum absolute atomic E-state index is 4.20. The molecule has 0 saturated heterocycles. The fourth-order valence-electron chi connectivity index (χ4n) is 2.96. The average molecular weight is 260 g/mol. The van der Waals surface area contributed by atoms with E-state index in [2.05, 4.69) is 38.6 Å². The van der Waals surface area contributed by atoms with Gasteiger partial charge in [-0.15, -0.1) is 16.8 Å². The molecule has 2 aliphatic rings. The van der Waals surface area contributed by atoms with E-state index in [4.69, 9.17) is 0 Å². The minimum absolute atomic E-state index is 0.795. The summed E-state index contributed by atoms with van der Waals surface area (Å²) in [4.78, 5) is 4.20. The number of imidazole rings is 1. The van der Waals surface area contributed by atoms with Crippen LogP contribution in [0.1, 0.15) is 25.7 Å². The molecule has 1 aliphatic heterocycles. The van der Waals surface area contributed by atoms with Crippen LogP contribution in [0, 0.1) is 5.92 Å². The van der Waals surface area contributed by atoms with E-state index in [0.717, 1.165) is 11.7 Å². The molecule has 1 aliphatic carbocycles. The van der Waals surface area contributed by atoms with Crippen LogP contribution in [-0.4, -0.2) is 14.7 Å². The summed E-state index contributed by atoms with van der Waals surface area (Å²) in [6, 6.07) is 0. The second-order valence-electron chi connectivity index (χ2n) is 5.09. The molecule has 1 atom stereocenters. The summed E-state index contributed by atoms with van der Waals surface area (Å²) < 4.78 is 2.27. The summed E-state index contributed by atoms with van der Waals surface area (Å²) in [5.41, 5.74) is 1.55. The topological polar surface area (TPSA) is 17.8 Å². The van der Waals surface area contributed by atoms with E-state index < -0.39 is 10.2 Å². The molecular weight excluding hydrogens is 240 g/mol. The Morgan fingerprint density at radius 2 is 2.28 bits per heavy atom. The van der Waals surface area contributed by atoms with Gasteiger partial charge in [-0.2, -0.15) is 0 Å². The Morgan fingerprint density at radius 1 is 1.44 bits per heavy atom. The van der Waals surface area contributed by atoms with Crippen LogP contribution >= 0.6 is 10.2 Å². The second-order valence-corrected chi connectivity index (χ2v) is 7.97. The van der Waals surface area contributed by atoms with Crippen molar-refractivity contribution in [2.45, 2.75) is 25.7 Å². The Labute approximate surface area is 111 Å². The molecule has 1 aromatic heterocycles. The quantitative estimate of drug-likeness (QED) is 0.740. The van der Waals surface area contributed by atoms with E-state index in [1.807, 2.05) is 18.6 Å². The lowest BCUT2D eigenvalue weighted by Gasteiger charge is -2.32. The van der Waals surface area contributed by atoms with Crippen molar-refractivity contribution in [1.82, 2.24) is 8.96 Å². The van der Waals surface area contributed by atoms with Crippen LogP contribution in [0.25, 0.3) is 0 Å². The molecular formula is C15H20N2S. The lowest BCUT2D eigenvalue weighted by Crippen LogP contribution is -2.05. The molecule has 1 saturated carbocycles. The first-order chi connectivity index (χ1) is 8.84. The van der Waals surface area contributed by atoms with Crippen LogP contribution in [0.15, 0.2) is 53.8 Å². The molecule has 18 heavy (non-hydrogen) atoms. The van der Waals surface area contributed by atoms with Gasteiger partial charge in [0.2, 0.25) is 0 Å². The Hall–Kier alpha value is -1.22. The lowest BCUT2D eigenvalue weighted by molar-refractivity contribution is 0.660. The number of hydrogen-bond donors (Lipinski definition) is 0. The van der Waals surface area contributed by atoms with Crippen molar-refractivity contribution < 1.29 is 0 Å². The molecule has 0 aromatic carbocycles. The number of aromatic nitrogens is 2. The predicted octanol–water partition coefficient (Wildman–Crippen LogP) is 4.24. The third kappa shape index (κ3) is 1.97. The Balaban J connectivity index is 1.93. The highest BCUT2D eigenvalue weighted by molar-refractivity contribution is 8.37. The molecule has 2 heterocycles. The standard InChI is InChI=1S/C15H20N2S/c1-2-10-18(17-9-8-16-13-17)11-7-15(12-18)14-5-3-4-6-14/h2,7-9,11-14H,1,3-6,10H2. The van der Waals surface area contributed by atoms with Gasteiger partial charge in [-0.3, -0.25) is 3.97 Å². The van der Waals surface area contributed by atoms with E-state index in [0.29, 0.717) is 0 Å². The summed E-state index contributed by atoms with van der Waals surface area (Å²) in [5, 5.41) is 4.90. The molecule has 0 N–H and O–H groups in total. The van der Waals surface area contributed by atoms with Gasteiger partial charge in [0.1, 0.15) is 6.33 Å². The van der Waals surface area contributed by atoms with E-state index in [1.165, 1.54) is 25.7 Å². The van der Waals surface area contributed by atoms with E-state index in [1.54, 1.807) is 5.57 Å². The van der Waals surface area contributed by atoms with Crippen molar-refractivity contribution in [3.8, 4) is 0 Å². The van der Waals surface area contributed by atoms with Crippen molar-refractivity contribution in [3.05, 3.63) is 53.8 Å². The van der Waals surface area contributed by atoms with Gasteiger partial charge in [0.15, 0.2) is 0 Å². The van der Waals surface area contributed by atoms with E-state index in [9.17, 15) is 0 Å². The summed E-state index contributed by atoms with van der Waals surface area (Å²) in [6.45, 7) is 3.93. The van der Waals surface area contributed by atoms with Crippen LogP contribution < -0.4 is 0 Å². The summed E-state index contributed by atoms with van der Waals surface area (Å²) >= 11 is 0. The highest BCUT2D eigenvalue weighted by Gasteiger charge is 2.28. The normalized spacial score (nSPS) is 31.2. The Morgan fingerprint density at radius 3 is 2.94 bits per heavy atom. The van der Waals surface area contributed by atoms with Crippen molar-refractivity contribution in [2.24, 2.45) is 5.92 Å². The monoisotopic (exact) mass is 260 g/mol. The second kappa shape index (κ2) is 4.81. The molecule has 3 heteroatoms. The van der Waals surface area contributed by atoms with Gasteiger partial charge in [0.25, 0.3) is 0 Å². The SMILES string of the molecule is C=CCS1(n2ccnc2)C=CC(C2CCCC2)=C1. The molecule has 96 valence electrons. The van der Waals surface area contributed by atoms with Crippen LogP contribution in [0.4, 0.5) is 0 Å². The molecule has 0 spiro atoms. The average Bonchev–Trinajstić information content (AvgIpc) is 3.12. The number of nitrogens with zero attached hydrogens (tertiary/aromatic N) is 2. The van der Waals surface area contributed by atoms with Gasteiger partial charge in [0.05, 0.1) is 0 Å². The largest absolute Gasteiger partial charge is 0.292 e. The molecule has 3 rings (SSSR count). The van der Waals surface area contributed by atoms with Crippen LogP contribution in [0.3, 0.4) is 0 Å². The number of rotatable bonds is 4. The van der Waals surface area contributed by atoms with Crippen LogP contribution in [0.5, 0.6) is 0 Å². The fraction of sp³-hybridized carbons (Fsp3) is 0.400. The third-order valence-electron chi connectivity index (χ3n) is 3.92. The molecule has 0 radical (unpaired) electrons. The van der Waals surface area contributed by atoms with Gasteiger partial charge in [0, 0.05) is 18.1 Å². The van der Waals surface area contributed by atoms with E-state index >= 15 is 0 Å². The molecule has 1 fully saturated rings. The smallest absolute Gasteiger partial charge is 0.104 e. The highest BCUT2D eigenvalue weighted by atomic mass is 32.3. The van der Waals surface area contributed by atoms with Gasteiger partial charge >= 0.3 is 0 Å². The molecule has 1 aromatic rings. The Bertz CT molecular complexity index is 481. The summed E-state index contributed by atoms with van der Waals surface area (Å²) in [5.74, 6) is 1.81. The molecule has 2 nitrogen and oxygen atoms in total. The zero-order chi connectivity index (χ0) is 12.4. The first kappa shape index (κ1) is 11.8. The number of allylic oxidation sites excluding steroid dienone is 2. The van der Waals surface area contributed by atoms with Crippen LogP contribution in [-0.2, 0) is 0 Å². The van der Waals surface area contributed by atoms with Gasteiger partial charge in [-0.25, -0.2) is 4.98 Å². The summed E-state index contributed by atoms with van der Waals surface area (Å²) in [7, 11) is -1.04. The van der Waals surface area contributed by atoms with Gasteiger partial charge < -0.3 is 0 Å². The zero-order valence-electron chi connectivity index (χ0n) is 10.7. The molecule has 1 unspecified atom stereocenters. The molecule has 0 bridgehead atoms. The molecule has 0 amide bonds. The zero-order valence-corrected chi connectivity index (χ0v) is 11.5. The van der Waals surface area contributed by atoms with Gasteiger partial charge in [-0.1, -0.05) is 25.0 Å². The van der Waals surface area contributed by atoms with Gasteiger partial charge in [-0.05, 0) is 35.1 Å². The van der Waals surface area contributed by atoms with Crippen molar-refractivity contribution in [1.29, 1.82) is 0 Å². The van der Waals surface area contributed by atoms with Crippen LogP contribution in [0.2, 0.25) is 0 Å². The number of hydrogen-bond acceptors (Lipinski definition) is 1. The maximum Gasteiger partial charge on any atom is 0.104 e. The lowest BCUT2D eigenvalue weighted by atomic mass is 9.99. The fourth-order valence-corrected chi connectivity index (χ4v) is 5.70. The van der Waals surface area contributed by atoms with Crippen molar-refractivity contribution >= 4 is 10.2 Å². The minimum atomic E-state index is -1.04.